The van der Waals surface area contributed by atoms with Crippen LogP contribution in [-0.4, -0.2) is 19.1 Å². The van der Waals surface area contributed by atoms with E-state index in [9.17, 15) is 18.5 Å². The number of rotatable bonds is 4. The Balaban J connectivity index is 3.48. The van der Waals surface area contributed by atoms with Gasteiger partial charge in [-0.05, 0) is 37.5 Å². The van der Waals surface area contributed by atoms with Gasteiger partial charge in [-0.3, -0.25) is 10.1 Å². The number of hydrogen-bond donors (Lipinski definition) is 0. The second-order valence-corrected chi connectivity index (χ2v) is 7.56. The van der Waals surface area contributed by atoms with Gasteiger partial charge in [-0.25, -0.2) is 8.42 Å². The van der Waals surface area contributed by atoms with Crippen LogP contribution >= 0.6 is 10.7 Å². The number of nitro benzene ring substituents is 1. The summed E-state index contributed by atoms with van der Waals surface area (Å²) in [7, 11) is 1.53. The lowest BCUT2D eigenvalue weighted by Gasteiger charge is -2.16. The van der Waals surface area contributed by atoms with Crippen molar-refractivity contribution < 1.29 is 13.3 Å². The number of benzene rings is 1. The van der Waals surface area contributed by atoms with Crippen LogP contribution in [0.4, 0.5) is 5.69 Å². The molecule has 1 atom stereocenters. The fourth-order valence-electron chi connectivity index (χ4n) is 2.24. The molecule has 0 radical (unpaired) electrons. The second-order valence-electron chi connectivity index (χ2n) is 4.74. The molecule has 1 rings (SSSR count). The maximum Gasteiger partial charge on any atom is 0.273 e. The Kier molecular flexibility index (Phi) is 4.58. The number of hydrogen-bond acceptors (Lipinski definition) is 4. The highest BCUT2D eigenvalue weighted by atomic mass is 35.7. The molecular weight excluding hydrogens is 290 g/mol. The molecule has 1 aromatic carbocycles. The van der Waals surface area contributed by atoms with E-state index in [1.54, 1.807) is 20.8 Å². The molecule has 0 fully saturated rings. The highest BCUT2D eigenvalue weighted by Crippen LogP contribution is 2.34. The van der Waals surface area contributed by atoms with Crippen molar-refractivity contribution >= 4 is 25.4 Å². The Morgan fingerprint density at radius 2 is 1.84 bits per heavy atom. The minimum absolute atomic E-state index is 0.0478. The molecule has 0 aliphatic carbocycles. The van der Waals surface area contributed by atoms with Crippen LogP contribution in [-0.2, 0) is 9.05 Å². The summed E-state index contributed by atoms with van der Waals surface area (Å²) in [5.74, 6) is -0.846. The van der Waals surface area contributed by atoms with Crippen molar-refractivity contribution in [2.75, 3.05) is 5.75 Å². The molecule has 0 N–H and O–H groups in total. The molecule has 7 heteroatoms. The van der Waals surface area contributed by atoms with E-state index in [4.69, 9.17) is 10.7 Å². The molecule has 106 valence electrons. The summed E-state index contributed by atoms with van der Waals surface area (Å²) in [4.78, 5) is 10.7. The molecule has 1 unspecified atom stereocenters. The average molecular weight is 306 g/mol. The molecule has 1 aromatic rings. The molecule has 0 aromatic heterocycles. The monoisotopic (exact) mass is 305 g/mol. The first kappa shape index (κ1) is 15.9. The molecule has 0 saturated heterocycles. The van der Waals surface area contributed by atoms with Crippen molar-refractivity contribution in [2.45, 2.75) is 33.6 Å². The van der Waals surface area contributed by atoms with Crippen LogP contribution in [0.15, 0.2) is 6.07 Å². The minimum atomic E-state index is -3.70. The van der Waals surface area contributed by atoms with Crippen LogP contribution in [0.1, 0.15) is 35.1 Å². The summed E-state index contributed by atoms with van der Waals surface area (Å²) in [5.41, 5.74) is 2.89. The van der Waals surface area contributed by atoms with Gasteiger partial charge < -0.3 is 0 Å². The van der Waals surface area contributed by atoms with Gasteiger partial charge >= 0.3 is 0 Å². The van der Waals surface area contributed by atoms with E-state index >= 15 is 0 Å². The Morgan fingerprint density at radius 1 is 1.32 bits per heavy atom. The van der Waals surface area contributed by atoms with E-state index in [0.717, 1.165) is 16.7 Å². The van der Waals surface area contributed by atoms with E-state index in [2.05, 4.69) is 0 Å². The van der Waals surface area contributed by atoms with Gasteiger partial charge in [-0.1, -0.05) is 6.92 Å². The minimum Gasteiger partial charge on any atom is -0.258 e. The zero-order valence-electron chi connectivity index (χ0n) is 11.2. The zero-order chi connectivity index (χ0) is 15.0. The van der Waals surface area contributed by atoms with E-state index in [1.165, 1.54) is 6.07 Å². The standard InChI is InChI=1S/C12H16ClNO4S/c1-7-5-11(14(15)16)12(10(4)9(7)3)8(2)6-19(13,17)18/h5,8H,6H2,1-4H3. The van der Waals surface area contributed by atoms with Crippen molar-refractivity contribution in [3.63, 3.8) is 0 Å². The van der Waals surface area contributed by atoms with Crippen LogP contribution in [0.5, 0.6) is 0 Å². The number of halogens is 1. The molecule has 0 amide bonds. The largest absolute Gasteiger partial charge is 0.273 e. The van der Waals surface area contributed by atoms with Crippen molar-refractivity contribution in [1.82, 2.24) is 0 Å². The van der Waals surface area contributed by atoms with Crippen molar-refractivity contribution in [1.29, 1.82) is 0 Å². The Morgan fingerprint density at radius 3 is 2.26 bits per heavy atom. The predicted molar refractivity (Wildman–Crippen MR) is 75.4 cm³/mol. The van der Waals surface area contributed by atoms with E-state index in [0.29, 0.717) is 5.56 Å². The molecular formula is C12H16ClNO4S. The van der Waals surface area contributed by atoms with Crippen LogP contribution < -0.4 is 0 Å². The van der Waals surface area contributed by atoms with E-state index in [1.807, 2.05) is 6.92 Å². The lowest BCUT2D eigenvalue weighted by molar-refractivity contribution is -0.385. The van der Waals surface area contributed by atoms with Gasteiger partial charge in [0.15, 0.2) is 0 Å². The Bertz CT molecular complexity index is 625. The quantitative estimate of drug-likeness (QED) is 0.486. The van der Waals surface area contributed by atoms with E-state index in [-0.39, 0.29) is 11.4 Å². The molecule has 19 heavy (non-hydrogen) atoms. The SMILES string of the molecule is Cc1cc([N+](=O)[O-])c(C(C)CS(=O)(=O)Cl)c(C)c1C. The lowest BCUT2D eigenvalue weighted by atomic mass is 9.90. The van der Waals surface area contributed by atoms with E-state index < -0.39 is 19.9 Å². The third kappa shape index (κ3) is 3.67. The molecule has 0 spiro atoms. The normalized spacial score (nSPS) is 13.3. The summed E-state index contributed by atoms with van der Waals surface area (Å²) in [6, 6.07) is 1.48. The highest BCUT2D eigenvalue weighted by Gasteiger charge is 2.26. The third-order valence-electron chi connectivity index (χ3n) is 3.33. The lowest BCUT2D eigenvalue weighted by Crippen LogP contribution is -2.12. The first-order valence-corrected chi connectivity index (χ1v) is 8.20. The molecule has 0 saturated carbocycles. The maximum absolute atomic E-state index is 11.2. The Hall–Kier alpha value is -1.14. The first-order chi connectivity index (χ1) is 8.54. The van der Waals surface area contributed by atoms with Crippen molar-refractivity contribution in [2.24, 2.45) is 0 Å². The van der Waals surface area contributed by atoms with Gasteiger partial charge in [0.1, 0.15) is 0 Å². The first-order valence-electron chi connectivity index (χ1n) is 5.72. The van der Waals surface area contributed by atoms with Crippen LogP contribution in [0.25, 0.3) is 0 Å². The average Bonchev–Trinajstić information content (AvgIpc) is 2.22. The highest BCUT2D eigenvalue weighted by molar-refractivity contribution is 8.13. The van der Waals surface area contributed by atoms with Crippen LogP contribution in [0, 0.1) is 30.9 Å². The van der Waals surface area contributed by atoms with Crippen LogP contribution in [0.2, 0.25) is 0 Å². The summed E-state index contributed by atoms with van der Waals surface area (Å²) >= 11 is 0. The number of aryl methyl sites for hydroxylation is 1. The molecule has 0 heterocycles. The predicted octanol–water partition coefficient (Wildman–Crippen LogP) is 3.19. The fourth-order valence-corrected chi connectivity index (χ4v) is 3.57. The summed E-state index contributed by atoms with van der Waals surface area (Å²) in [5, 5.41) is 11.1. The van der Waals surface area contributed by atoms with Crippen LogP contribution in [0.3, 0.4) is 0 Å². The van der Waals surface area contributed by atoms with Crippen molar-refractivity contribution in [3.8, 4) is 0 Å². The third-order valence-corrected chi connectivity index (χ3v) is 4.60. The van der Waals surface area contributed by atoms with Gasteiger partial charge in [0.05, 0.1) is 10.7 Å². The molecule has 5 nitrogen and oxygen atoms in total. The fraction of sp³-hybridized carbons (Fsp3) is 0.500. The Labute approximate surface area is 117 Å². The molecule has 0 bridgehead atoms. The van der Waals surface area contributed by atoms with Gasteiger partial charge in [-0.15, -0.1) is 0 Å². The van der Waals surface area contributed by atoms with Gasteiger partial charge in [-0.2, -0.15) is 0 Å². The van der Waals surface area contributed by atoms with Gasteiger partial charge in [0, 0.05) is 28.2 Å². The number of nitrogens with zero attached hydrogens (tertiary/aromatic N) is 1. The maximum atomic E-state index is 11.2. The zero-order valence-corrected chi connectivity index (χ0v) is 12.8. The second kappa shape index (κ2) is 5.46. The smallest absolute Gasteiger partial charge is 0.258 e. The summed E-state index contributed by atoms with van der Waals surface area (Å²) < 4.78 is 22.3. The van der Waals surface area contributed by atoms with Gasteiger partial charge in [0.25, 0.3) is 5.69 Å². The van der Waals surface area contributed by atoms with Crippen molar-refractivity contribution in [3.05, 3.63) is 38.4 Å². The topological polar surface area (TPSA) is 77.3 Å². The molecule has 0 aliphatic heterocycles. The summed E-state index contributed by atoms with van der Waals surface area (Å²) in [6.45, 7) is 7.05. The van der Waals surface area contributed by atoms with Gasteiger partial charge in [0.2, 0.25) is 9.05 Å². The summed E-state index contributed by atoms with van der Waals surface area (Å²) in [6.07, 6.45) is 0. The number of nitro groups is 1. The molecule has 0 aliphatic rings.